The van der Waals surface area contributed by atoms with Gasteiger partial charge in [0.1, 0.15) is 6.61 Å². The largest absolute Gasteiger partial charge is 0.457 e. The molecular formula is C15H12O2S4. The highest BCUT2D eigenvalue weighted by molar-refractivity contribution is 8.33. The third-order valence-corrected chi connectivity index (χ3v) is 7.77. The Kier molecular flexibility index (Phi) is 5.11. The van der Waals surface area contributed by atoms with E-state index < -0.39 is 0 Å². The van der Waals surface area contributed by atoms with E-state index in [1.165, 1.54) is 8.47 Å². The Labute approximate surface area is 140 Å². The van der Waals surface area contributed by atoms with Crippen molar-refractivity contribution in [1.29, 1.82) is 0 Å². The highest BCUT2D eigenvalue weighted by Crippen LogP contribution is 2.53. The Morgan fingerprint density at radius 3 is 2.48 bits per heavy atom. The Morgan fingerprint density at radius 1 is 1.05 bits per heavy atom. The lowest BCUT2D eigenvalue weighted by Crippen LogP contribution is -2.06. The van der Waals surface area contributed by atoms with Crippen LogP contribution in [-0.4, -0.2) is 12.6 Å². The first-order valence-electron chi connectivity index (χ1n) is 6.22. The number of thioether (sulfide) groups is 4. The van der Waals surface area contributed by atoms with Crippen molar-refractivity contribution in [2.45, 2.75) is 6.92 Å². The van der Waals surface area contributed by atoms with Gasteiger partial charge in [0.15, 0.2) is 0 Å². The van der Waals surface area contributed by atoms with Crippen molar-refractivity contribution >= 4 is 53.0 Å². The molecule has 3 rings (SSSR count). The fourth-order valence-corrected chi connectivity index (χ4v) is 6.04. The number of carbonyl (C=O) groups excluding carboxylic acids is 1. The first-order valence-corrected chi connectivity index (χ1v) is 9.68. The molecule has 2 heterocycles. The first-order chi connectivity index (χ1) is 10.2. The molecule has 0 radical (unpaired) electrons. The third kappa shape index (κ3) is 3.94. The second-order valence-corrected chi connectivity index (χ2v) is 8.69. The highest BCUT2D eigenvalue weighted by Gasteiger charge is 2.19. The standard InChI is InChI=1S/C15H12O2S4/c1-10-2-4-11(5-3-10)13(16)17-8-12-9-20-15(21-12)14-18-6-7-19-14/h2-7,9H,8H2,1H3. The molecule has 1 aromatic rings. The lowest BCUT2D eigenvalue weighted by Gasteiger charge is -2.06. The van der Waals surface area contributed by atoms with Gasteiger partial charge in [0.2, 0.25) is 0 Å². The fourth-order valence-electron chi connectivity index (χ4n) is 1.65. The maximum atomic E-state index is 12.0. The number of rotatable bonds is 3. The molecular weight excluding hydrogens is 340 g/mol. The average Bonchev–Trinajstić information content (AvgIpc) is 3.16. The van der Waals surface area contributed by atoms with Crippen LogP contribution in [0.4, 0.5) is 0 Å². The molecule has 2 aliphatic rings. The van der Waals surface area contributed by atoms with E-state index in [2.05, 4.69) is 16.2 Å². The van der Waals surface area contributed by atoms with Crippen molar-refractivity contribution in [1.82, 2.24) is 0 Å². The van der Waals surface area contributed by atoms with Crippen LogP contribution in [0.2, 0.25) is 0 Å². The molecule has 108 valence electrons. The molecule has 0 aliphatic carbocycles. The monoisotopic (exact) mass is 352 g/mol. The molecule has 0 saturated heterocycles. The summed E-state index contributed by atoms with van der Waals surface area (Å²) >= 11 is 6.88. The minimum Gasteiger partial charge on any atom is -0.457 e. The topological polar surface area (TPSA) is 26.3 Å². The van der Waals surface area contributed by atoms with Crippen molar-refractivity contribution in [2.75, 3.05) is 6.61 Å². The van der Waals surface area contributed by atoms with Gasteiger partial charge in [0.25, 0.3) is 0 Å². The summed E-state index contributed by atoms with van der Waals surface area (Å²) in [7, 11) is 0. The fraction of sp³-hybridized carbons (Fsp3) is 0.133. The third-order valence-electron chi connectivity index (χ3n) is 2.73. The molecule has 0 N–H and O–H groups in total. The molecule has 0 atom stereocenters. The quantitative estimate of drug-likeness (QED) is 0.662. The van der Waals surface area contributed by atoms with Gasteiger partial charge >= 0.3 is 5.97 Å². The van der Waals surface area contributed by atoms with Crippen LogP contribution in [0.5, 0.6) is 0 Å². The van der Waals surface area contributed by atoms with E-state index >= 15 is 0 Å². The van der Waals surface area contributed by atoms with Gasteiger partial charge in [-0.3, -0.25) is 0 Å². The Hall–Kier alpha value is -0.690. The summed E-state index contributed by atoms with van der Waals surface area (Å²) < 4.78 is 7.95. The molecule has 21 heavy (non-hydrogen) atoms. The zero-order valence-corrected chi connectivity index (χ0v) is 14.5. The summed E-state index contributed by atoms with van der Waals surface area (Å²) in [5, 5.41) is 6.24. The molecule has 0 fully saturated rings. The Balaban J connectivity index is 1.53. The normalized spacial score (nSPS) is 17.3. The highest BCUT2D eigenvalue weighted by atomic mass is 32.2. The molecule has 0 bridgehead atoms. The smallest absolute Gasteiger partial charge is 0.338 e. The predicted molar refractivity (Wildman–Crippen MR) is 96.1 cm³/mol. The SMILES string of the molecule is Cc1ccc(C(=O)OCC2=CSC(=C3SC=CS3)S2)cc1. The van der Waals surface area contributed by atoms with E-state index in [1.807, 2.05) is 19.1 Å². The van der Waals surface area contributed by atoms with Gasteiger partial charge in [-0.25, -0.2) is 4.79 Å². The van der Waals surface area contributed by atoms with E-state index in [0.717, 1.165) is 10.5 Å². The minimum absolute atomic E-state index is 0.270. The second kappa shape index (κ2) is 7.05. The average molecular weight is 353 g/mol. The van der Waals surface area contributed by atoms with E-state index in [-0.39, 0.29) is 5.97 Å². The molecule has 6 heteroatoms. The van der Waals surface area contributed by atoms with Crippen LogP contribution in [0.3, 0.4) is 0 Å². The van der Waals surface area contributed by atoms with Gasteiger partial charge < -0.3 is 4.74 Å². The van der Waals surface area contributed by atoms with Crippen LogP contribution in [0.1, 0.15) is 15.9 Å². The maximum absolute atomic E-state index is 12.0. The van der Waals surface area contributed by atoms with E-state index in [1.54, 1.807) is 59.2 Å². The molecule has 2 nitrogen and oxygen atoms in total. The molecule has 0 saturated carbocycles. The van der Waals surface area contributed by atoms with Crippen LogP contribution < -0.4 is 0 Å². The predicted octanol–water partition coefficient (Wildman–Crippen LogP) is 5.55. The molecule has 0 spiro atoms. The van der Waals surface area contributed by atoms with Crippen LogP contribution in [-0.2, 0) is 4.74 Å². The Bertz CT molecular complexity index is 634. The first kappa shape index (κ1) is 15.2. The van der Waals surface area contributed by atoms with Gasteiger partial charge in [-0.15, -0.1) is 0 Å². The Morgan fingerprint density at radius 2 is 1.76 bits per heavy atom. The van der Waals surface area contributed by atoms with Crippen LogP contribution in [0, 0.1) is 6.92 Å². The number of ether oxygens (including phenoxy) is 1. The number of hydrogen-bond donors (Lipinski definition) is 0. The molecule has 1 aromatic carbocycles. The van der Waals surface area contributed by atoms with Crippen molar-refractivity contribution < 1.29 is 9.53 Å². The lowest BCUT2D eigenvalue weighted by atomic mass is 10.1. The van der Waals surface area contributed by atoms with Gasteiger partial charge in [-0.05, 0) is 35.3 Å². The van der Waals surface area contributed by atoms with Gasteiger partial charge in [-0.1, -0.05) is 64.7 Å². The van der Waals surface area contributed by atoms with Crippen molar-refractivity contribution in [3.63, 3.8) is 0 Å². The number of benzene rings is 1. The van der Waals surface area contributed by atoms with Crippen molar-refractivity contribution in [3.8, 4) is 0 Å². The van der Waals surface area contributed by atoms with Crippen molar-refractivity contribution in [3.05, 3.63) is 65.0 Å². The van der Waals surface area contributed by atoms with Crippen LogP contribution in [0.25, 0.3) is 0 Å². The number of aryl methyl sites for hydroxylation is 1. The molecule has 2 aliphatic heterocycles. The zero-order chi connectivity index (χ0) is 14.7. The lowest BCUT2D eigenvalue weighted by molar-refractivity contribution is 0.0547. The number of carbonyl (C=O) groups is 1. The second-order valence-electron chi connectivity index (χ2n) is 4.33. The van der Waals surface area contributed by atoms with Crippen LogP contribution in [0.15, 0.2) is 53.9 Å². The zero-order valence-electron chi connectivity index (χ0n) is 11.2. The van der Waals surface area contributed by atoms with Gasteiger partial charge in [0.05, 0.1) is 14.0 Å². The summed E-state index contributed by atoms with van der Waals surface area (Å²) in [5.41, 5.74) is 1.73. The van der Waals surface area contributed by atoms with Gasteiger partial charge in [0, 0.05) is 4.91 Å². The number of esters is 1. The van der Waals surface area contributed by atoms with Crippen molar-refractivity contribution in [2.24, 2.45) is 0 Å². The van der Waals surface area contributed by atoms with E-state index in [4.69, 9.17) is 4.74 Å². The summed E-state index contributed by atoms with van der Waals surface area (Å²) in [5.74, 6) is -0.270. The summed E-state index contributed by atoms with van der Waals surface area (Å²) in [6.07, 6.45) is 0. The maximum Gasteiger partial charge on any atom is 0.338 e. The number of hydrogen-bond acceptors (Lipinski definition) is 6. The van der Waals surface area contributed by atoms with Gasteiger partial charge in [-0.2, -0.15) is 0 Å². The van der Waals surface area contributed by atoms with E-state index in [9.17, 15) is 4.79 Å². The van der Waals surface area contributed by atoms with Crippen LogP contribution >= 0.6 is 47.0 Å². The summed E-state index contributed by atoms with van der Waals surface area (Å²) in [4.78, 5) is 13.0. The molecule has 0 unspecified atom stereocenters. The van der Waals surface area contributed by atoms with E-state index in [0.29, 0.717) is 12.2 Å². The minimum atomic E-state index is -0.270. The summed E-state index contributed by atoms with van der Waals surface area (Å²) in [6.45, 7) is 2.33. The molecule has 0 aromatic heterocycles. The molecule has 0 amide bonds. The summed E-state index contributed by atoms with van der Waals surface area (Å²) in [6, 6.07) is 7.43.